The van der Waals surface area contributed by atoms with Crippen molar-refractivity contribution in [2.75, 3.05) is 26.2 Å². The van der Waals surface area contributed by atoms with Crippen LogP contribution in [0.25, 0.3) is 0 Å². The Morgan fingerprint density at radius 3 is 1.83 bits per heavy atom. The van der Waals surface area contributed by atoms with Crippen molar-refractivity contribution < 1.29 is 0 Å². The zero-order valence-electron chi connectivity index (χ0n) is 17.8. The first kappa shape index (κ1) is 25.2. The molecule has 0 aromatic heterocycles. The van der Waals surface area contributed by atoms with Gasteiger partial charge < -0.3 is 10.6 Å². The third kappa shape index (κ3) is 11.2. The van der Waals surface area contributed by atoms with Crippen molar-refractivity contribution in [1.82, 2.24) is 4.90 Å². The molecule has 0 aromatic carbocycles. The second-order valence-electron chi connectivity index (χ2n) is 7.36. The molecular weight excluding hydrogens is 280 g/mol. The Morgan fingerprint density at radius 1 is 1.04 bits per heavy atom. The minimum atomic E-state index is 0.724. The topological polar surface area (TPSA) is 29.3 Å². The number of hydrogen-bond acceptors (Lipinski definition) is 2. The van der Waals surface area contributed by atoms with Gasteiger partial charge in [-0.05, 0) is 30.1 Å². The zero-order chi connectivity index (χ0) is 18.3. The fourth-order valence-electron chi connectivity index (χ4n) is 3.51. The van der Waals surface area contributed by atoms with E-state index < -0.39 is 0 Å². The van der Waals surface area contributed by atoms with Crippen LogP contribution in [-0.2, 0) is 0 Å². The van der Waals surface area contributed by atoms with Crippen molar-refractivity contribution in [2.24, 2.45) is 23.0 Å². The predicted octanol–water partition coefficient (Wildman–Crippen LogP) is 5.95. The summed E-state index contributed by atoms with van der Waals surface area (Å²) in [6.07, 6.45) is 8.55. The number of hydrogen-bond donors (Lipinski definition) is 1. The molecule has 0 unspecified atom stereocenters. The van der Waals surface area contributed by atoms with Crippen LogP contribution in [0.3, 0.4) is 0 Å². The lowest BCUT2D eigenvalue weighted by atomic mass is 9.66. The second kappa shape index (κ2) is 15.4. The molecule has 1 saturated carbocycles. The number of nitrogens with two attached hydrogens (primary N) is 1. The van der Waals surface area contributed by atoms with E-state index >= 15 is 0 Å². The van der Waals surface area contributed by atoms with Gasteiger partial charge in [-0.15, -0.1) is 0 Å². The third-order valence-corrected chi connectivity index (χ3v) is 4.76. The quantitative estimate of drug-likeness (QED) is 0.690. The predicted molar refractivity (Wildman–Crippen MR) is 108 cm³/mol. The molecule has 1 saturated heterocycles. The molecule has 1 aliphatic heterocycles. The molecule has 142 valence electrons. The number of likely N-dealkylation sites (tertiary alicyclic amines) is 1. The molecule has 2 heteroatoms. The highest BCUT2D eigenvalue weighted by molar-refractivity contribution is 4.97. The van der Waals surface area contributed by atoms with Crippen molar-refractivity contribution in [2.45, 2.75) is 93.9 Å². The van der Waals surface area contributed by atoms with Crippen LogP contribution in [0.15, 0.2) is 0 Å². The monoisotopic (exact) mass is 328 g/mol. The van der Waals surface area contributed by atoms with Gasteiger partial charge in [-0.3, -0.25) is 0 Å². The minimum absolute atomic E-state index is 0.724. The van der Waals surface area contributed by atoms with Gasteiger partial charge in [0.25, 0.3) is 0 Å². The molecule has 1 aliphatic carbocycles. The van der Waals surface area contributed by atoms with Gasteiger partial charge in [-0.25, -0.2) is 0 Å². The van der Waals surface area contributed by atoms with E-state index in [1.807, 2.05) is 27.7 Å². The first-order chi connectivity index (χ1) is 11.0. The Bertz CT molecular complexity index is 222. The minimum Gasteiger partial charge on any atom is -0.329 e. The number of rotatable bonds is 4. The Morgan fingerprint density at radius 2 is 1.52 bits per heavy atom. The van der Waals surface area contributed by atoms with E-state index in [0.717, 1.165) is 30.3 Å². The van der Waals surface area contributed by atoms with Gasteiger partial charge in [-0.1, -0.05) is 81.1 Å². The molecule has 2 fully saturated rings. The number of nitrogens with zero attached hydrogens (tertiary/aromatic N) is 1. The van der Waals surface area contributed by atoms with E-state index in [-0.39, 0.29) is 0 Å². The summed E-state index contributed by atoms with van der Waals surface area (Å²) in [6, 6.07) is 0. The molecule has 23 heavy (non-hydrogen) atoms. The SMILES string of the molecule is CC.CC.CC1CCC2(CC1)CN(CCN)C2.CCCC(C)C. The van der Waals surface area contributed by atoms with Gasteiger partial charge in [0.15, 0.2) is 0 Å². The maximum Gasteiger partial charge on any atom is 0.0105 e. The highest BCUT2D eigenvalue weighted by atomic mass is 15.2. The summed E-state index contributed by atoms with van der Waals surface area (Å²) >= 11 is 0. The Balaban J connectivity index is 0. The van der Waals surface area contributed by atoms with Crippen molar-refractivity contribution in [3.63, 3.8) is 0 Å². The van der Waals surface area contributed by atoms with E-state index in [0.29, 0.717) is 0 Å². The summed E-state index contributed by atoms with van der Waals surface area (Å²) in [7, 11) is 0. The van der Waals surface area contributed by atoms with Crippen molar-refractivity contribution in [3.05, 3.63) is 0 Å². The highest BCUT2D eigenvalue weighted by Crippen LogP contribution is 2.45. The fraction of sp³-hybridized carbons (Fsp3) is 1.00. The lowest BCUT2D eigenvalue weighted by Crippen LogP contribution is -2.58. The van der Waals surface area contributed by atoms with E-state index in [9.17, 15) is 0 Å². The molecular formula is C21H48N2. The zero-order valence-corrected chi connectivity index (χ0v) is 17.8. The summed E-state index contributed by atoms with van der Waals surface area (Å²) in [5.74, 6) is 1.88. The Labute approximate surface area is 148 Å². The van der Waals surface area contributed by atoms with E-state index in [1.165, 1.54) is 51.6 Å². The first-order valence-corrected chi connectivity index (χ1v) is 10.4. The van der Waals surface area contributed by atoms with Crippen molar-refractivity contribution in [1.29, 1.82) is 0 Å². The third-order valence-electron chi connectivity index (χ3n) is 4.76. The summed E-state index contributed by atoms with van der Waals surface area (Å²) in [4.78, 5) is 2.51. The largest absolute Gasteiger partial charge is 0.329 e. The summed E-state index contributed by atoms with van der Waals surface area (Å²) in [6.45, 7) is 21.7. The molecule has 2 nitrogen and oxygen atoms in total. The van der Waals surface area contributed by atoms with Gasteiger partial charge in [0.05, 0.1) is 0 Å². The van der Waals surface area contributed by atoms with Crippen LogP contribution in [0.4, 0.5) is 0 Å². The fourth-order valence-corrected chi connectivity index (χ4v) is 3.51. The smallest absolute Gasteiger partial charge is 0.0105 e. The van der Waals surface area contributed by atoms with Crippen LogP contribution >= 0.6 is 0 Å². The molecule has 1 spiro atoms. The molecule has 2 rings (SSSR count). The Hall–Kier alpha value is -0.0800. The molecule has 0 atom stereocenters. The van der Waals surface area contributed by atoms with Gasteiger partial charge in [-0.2, -0.15) is 0 Å². The molecule has 2 aliphatic rings. The van der Waals surface area contributed by atoms with Crippen LogP contribution in [0.2, 0.25) is 0 Å². The average Bonchev–Trinajstić information content (AvgIpc) is 2.53. The molecule has 0 aromatic rings. The van der Waals surface area contributed by atoms with Crippen LogP contribution in [0.5, 0.6) is 0 Å². The average molecular weight is 329 g/mol. The van der Waals surface area contributed by atoms with Crippen molar-refractivity contribution in [3.8, 4) is 0 Å². The van der Waals surface area contributed by atoms with Gasteiger partial charge in [0.2, 0.25) is 0 Å². The normalized spacial score (nSPS) is 19.6. The van der Waals surface area contributed by atoms with Crippen LogP contribution < -0.4 is 5.73 Å². The maximum atomic E-state index is 5.54. The molecule has 2 N–H and O–H groups in total. The van der Waals surface area contributed by atoms with Crippen molar-refractivity contribution >= 4 is 0 Å². The van der Waals surface area contributed by atoms with Gasteiger partial charge in [0.1, 0.15) is 0 Å². The molecule has 1 heterocycles. The van der Waals surface area contributed by atoms with E-state index in [2.05, 4.69) is 32.6 Å². The second-order valence-corrected chi connectivity index (χ2v) is 7.36. The molecule has 0 bridgehead atoms. The van der Waals surface area contributed by atoms with Crippen LogP contribution in [-0.4, -0.2) is 31.1 Å². The maximum absolute atomic E-state index is 5.54. The van der Waals surface area contributed by atoms with Gasteiger partial charge >= 0.3 is 0 Å². The summed E-state index contributed by atoms with van der Waals surface area (Å²) in [5, 5.41) is 0. The lowest BCUT2D eigenvalue weighted by molar-refractivity contribution is -0.0341. The lowest BCUT2D eigenvalue weighted by Gasteiger charge is -2.53. The van der Waals surface area contributed by atoms with E-state index in [1.54, 1.807) is 0 Å². The van der Waals surface area contributed by atoms with Crippen LogP contribution in [0, 0.1) is 17.3 Å². The van der Waals surface area contributed by atoms with Gasteiger partial charge in [0, 0.05) is 26.2 Å². The Kier molecular flexibility index (Phi) is 16.9. The molecule has 0 radical (unpaired) electrons. The highest BCUT2D eigenvalue weighted by Gasteiger charge is 2.43. The molecule has 0 amide bonds. The first-order valence-electron chi connectivity index (χ1n) is 10.4. The summed E-state index contributed by atoms with van der Waals surface area (Å²) in [5.41, 5.74) is 6.26. The summed E-state index contributed by atoms with van der Waals surface area (Å²) < 4.78 is 0. The van der Waals surface area contributed by atoms with E-state index in [4.69, 9.17) is 5.73 Å². The van der Waals surface area contributed by atoms with Crippen LogP contribution in [0.1, 0.15) is 93.9 Å². The standard InChI is InChI=1S/C11H22N2.C6H14.2C2H6/c1-10-2-4-11(5-3-10)8-13(9-11)7-6-12;1-4-5-6(2)3;2*1-2/h10H,2-9,12H2,1H3;6H,4-5H2,1-3H3;2*1-2H3.